The van der Waals surface area contributed by atoms with Crippen molar-refractivity contribution in [2.45, 2.75) is 32.8 Å². The van der Waals surface area contributed by atoms with E-state index in [1.165, 1.54) is 0 Å². The molecule has 0 aromatic heterocycles. The molecule has 0 saturated carbocycles. The number of hydrogen-bond donors (Lipinski definition) is 2. The van der Waals surface area contributed by atoms with Crippen molar-refractivity contribution in [1.29, 1.82) is 0 Å². The van der Waals surface area contributed by atoms with Crippen LogP contribution in [-0.4, -0.2) is 12.0 Å². The number of anilines is 1. The lowest BCUT2D eigenvalue weighted by molar-refractivity contribution is 0.0993. The zero-order valence-corrected chi connectivity index (χ0v) is 9.69. The minimum atomic E-state index is -0.501. The molecule has 88 valence electrons. The van der Waals surface area contributed by atoms with Crippen molar-refractivity contribution in [2.75, 3.05) is 5.73 Å². The number of nitrogens with two attached hydrogens (primary N) is 2. The number of hydrogen-bond acceptors (Lipinski definition) is 3. The summed E-state index contributed by atoms with van der Waals surface area (Å²) in [4.78, 5) is 11.2. The van der Waals surface area contributed by atoms with Crippen molar-refractivity contribution in [2.24, 2.45) is 5.73 Å². The highest BCUT2D eigenvalue weighted by molar-refractivity contribution is 5.96. The van der Waals surface area contributed by atoms with E-state index in [4.69, 9.17) is 16.2 Å². The van der Waals surface area contributed by atoms with E-state index in [2.05, 4.69) is 6.92 Å². The Balaban J connectivity index is 2.92. The average Bonchev–Trinajstić information content (AvgIpc) is 2.17. The van der Waals surface area contributed by atoms with Gasteiger partial charge in [-0.2, -0.15) is 0 Å². The number of ether oxygens (including phenoxy) is 1. The van der Waals surface area contributed by atoms with E-state index in [9.17, 15) is 4.79 Å². The van der Waals surface area contributed by atoms with E-state index in [0.717, 1.165) is 12.8 Å². The maximum atomic E-state index is 11.2. The van der Waals surface area contributed by atoms with E-state index in [1.54, 1.807) is 18.2 Å². The lowest BCUT2D eigenvalue weighted by atomic mass is 10.1. The molecule has 1 atom stereocenters. The number of carbonyl (C=O) groups is 1. The average molecular weight is 222 g/mol. The summed E-state index contributed by atoms with van der Waals surface area (Å²) in [6.07, 6.45) is 1.99. The molecule has 4 N–H and O–H groups in total. The molecule has 1 aromatic rings. The Kier molecular flexibility index (Phi) is 4.17. The standard InChI is InChI=1S/C12H18N2O2/c1-3-4-8(2)16-11-7-9(13)5-6-10(11)12(14)15/h5-8H,3-4,13H2,1-2H3,(H2,14,15). The predicted molar refractivity (Wildman–Crippen MR) is 64.4 cm³/mol. The lowest BCUT2D eigenvalue weighted by Crippen LogP contribution is -2.17. The van der Waals surface area contributed by atoms with Gasteiger partial charge >= 0.3 is 0 Å². The molecule has 0 aliphatic heterocycles. The Labute approximate surface area is 95.6 Å². The summed E-state index contributed by atoms with van der Waals surface area (Å²) in [6.45, 7) is 4.03. The molecule has 1 amide bonds. The second-order valence-corrected chi connectivity index (χ2v) is 3.84. The van der Waals surface area contributed by atoms with Gasteiger partial charge in [-0.15, -0.1) is 0 Å². The molecule has 1 aromatic carbocycles. The number of rotatable bonds is 5. The van der Waals surface area contributed by atoms with Crippen LogP contribution in [0.25, 0.3) is 0 Å². The van der Waals surface area contributed by atoms with Crippen LogP contribution in [0, 0.1) is 0 Å². The molecule has 0 saturated heterocycles. The molecule has 0 aliphatic carbocycles. The highest BCUT2D eigenvalue weighted by Gasteiger charge is 2.12. The topological polar surface area (TPSA) is 78.3 Å². The molecule has 4 nitrogen and oxygen atoms in total. The summed E-state index contributed by atoms with van der Waals surface area (Å²) < 4.78 is 5.65. The largest absolute Gasteiger partial charge is 0.490 e. The summed E-state index contributed by atoms with van der Waals surface area (Å²) in [7, 11) is 0. The van der Waals surface area contributed by atoms with Crippen LogP contribution in [0.15, 0.2) is 18.2 Å². The second kappa shape index (κ2) is 5.39. The van der Waals surface area contributed by atoms with Gasteiger partial charge in [-0.1, -0.05) is 13.3 Å². The minimum absolute atomic E-state index is 0.0462. The first kappa shape index (κ1) is 12.4. The molecular weight excluding hydrogens is 204 g/mol. The Hall–Kier alpha value is -1.71. The predicted octanol–water partition coefficient (Wildman–Crippen LogP) is 1.94. The first-order chi connectivity index (χ1) is 7.54. The molecule has 0 bridgehead atoms. The van der Waals surface area contributed by atoms with Crippen LogP contribution in [-0.2, 0) is 0 Å². The molecule has 0 radical (unpaired) electrons. The van der Waals surface area contributed by atoms with E-state index >= 15 is 0 Å². The van der Waals surface area contributed by atoms with Gasteiger partial charge in [0.05, 0.1) is 11.7 Å². The van der Waals surface area contributed by atoms with Gasteiger partial charge < -0.3 is 16.2 Å². The maximum absolute atomic E-state index is 11.2. The molecule has 16 heavy (non-hydrogen) atoms. The van der Waals surface area contributed by atoms with Crippen LogP contribution >= 0.6 is 0 Å². The van der Waals surface area contributed by atoms with Crippen LogP contribution in [0.5, 0.6) is 5.75 Å². The Bertz CT molecular complexity index is 377. The van der Waals surface area contributed by atoms with Gasteiger partial charge in [-0.05, 0) is 25.5 Å². The molecule has 0 spiro atoms. The number of nitrogen functional groups attached to an aromatic ring is 1. The summed E-state index contributed by atoms with van der Waals surface area (Å²) in [6, 6.07) is 4.86. The van der Waals surface area contributed by atoms with Crippen molar-refractivity contribution in [3.8, 4) is 5.75 Å². The molecule has 4 heteroatoms. The Morgan fingerprint density at radius 2 is 2.19 bits per heavy atom. The van der Waals surface area contributed by atoms with Crippen LogP contribution in [0.1, 0.15) is 37.0 Å². The van der Waals surface area contributed by atoms with Crippen molar-refractivity contribution >= 4 is 11.6 Å². The number of amides is 1. The molecular formula is C12H18N2O2. The van der Waals surface area contributed by atoms with Crippen LogP contribution in [0.2, 0.25) is 0 Å². The molecule has 0 heterocycles. The number of primary amides is 1. The van der Waals surface area contributed by atoms with Gasteiger partial charge in [0, 0.05) is 11.8 Å². The fourth-order valence-corrected chi connectivity index (χ4v) is 1.52. The summed E-state index contributed by atoms with van der Waals surface area (Å²) in [5, 5.41) is 0. The normalized spacial score (nSPS) is 12.1. The molecule has 1 rings (SSSR count). The van der Waals surface area contributed by atoms with E-state index in [-0.39, 0.29) is 6.10 Å². The van der Waals surface area contributed by atoms with Crippen LogP contribution in [0.3, 0.4) is 0 Å². The van der Waals surface area contributed by atoms with E-state index in [1.807, 2.05) is 6.92 Å². The SMILES string of the molecule is CCCC(C)Oc1cc(N)ccc1C(N)=O. The van der Waals surface area contributed by atoms with E-state index < -0.39 is 5.91 Å². The lowest BCUT2D eigenvalue weighted by Gasteiger charge is -2.16. The first-order valence-corrected chi connectivity index (χ1v) is 5.40. The van der Waals surface area contributed by atoms with Crippen molar-refractivity contribution in [1.82, 2.24) is 0 Å². The highest BCUT2D eigenvalue weighted by Crippen LogP contribution is 2.23. The van der Waals surface area contributed by atoms with Gasteiger partial charge in [-0.3, -0.25) is 4.79 Å². The fraction of sp³-hybridized carbons (Fsp3) is 0.417. The summed E-state index contributed by atoms with van der Waals surface area (Å²) in [5.74, 6) is -0.0350. The first-order valence-electron chi connectivity index (χ1n) is 5.40. The third kappa shape index (κ3) is 3.15. The van der Waals surface area contributed by atoms with Gasteiger partial charge in [0.1, 0.15) is 5.75 Å². The zero-order chi connectivity index (χ0) is 12.1. The van der Waals surface area contributed by atoms with Crippen molar-refractivity contribution in [3.05, 3.63) is 23.8 Å². The van der Waals surface area contributed by atoms with Gasteiger partial charge in [0.25, 0.3) is 5.91 Å². The van der Waals surface area contributed by atoms with Crippen molar-refractivity contribution in [3.63, 3.8) is 0 Å². The molecule has 0 fully saturated rings. The zero-order valence-electron chi connectivity index (χ0n) is 9.69. The monoisotopic (exact) mass is 222 g/mol. The van der Waals surface area contributed by atoms with Gasteiger partial charge in [0.2, 0.25) is 0 Å². The quantitative estimate of drug-likeness (QED) is 0.747. The summed E-state index contributed by atoms with van der Waals surface area (Å²) in [5.41, 5.74) is 11.8. The number of benzene rings is 1. The summed E-state index contributed by atoms with van der Waals surface area (Å²) >= 11 is 0. The van der Waals surface area contributed by atoms with Crippen LogP contribution in [0.4, 0.5) is 5.69 Å². The third-order valence-electron chi connectivity index (χ3n) is 2.29. The number of carbonyl (C=O) groups excluding carboxylic acids is 1. The Morgan fingerprint density at radius 1 is 1.50 bits per heavy atom. The van der Waals surface area contributed by atoms with Crippen molar-refractivity contribution < 1.29 is 9.53 Å². The highest BCUT2D eigenvalue weighted by atomic mass is 16.5. The molecule has 0 aliphatic rings. The minimum Gasteiger partial charge on any atom is -0.490 e. The molecule has 1 unspecified atom stereocenters. The van der Waals surface area contributed by atoms with E-state index in [0.29, 0.717) is 17.0 Å². The third-order valence-corrected chi connectivity index (χ3v) is 2.29. The van der Waals surface area contributed by atoms with Crippen LogP contribution < -0.4 is 16.2 Å². The van der Waals surface area contributed by atoms with Gasteiger partial charge in [0.15, 0.2) is 0 Å². The smallest absolute Gasteiger partial charge is 0.252 e. The Morgan fingerprint density at radius 3 is 2.75 bits per heavy atom. The fourth-order valence-electron chi connectivity index (χ4n) is 1.52. The van der Waals surface area contributed by atoms with Gasteiger partial charge in [-0.25, -0.2) is 0 Å². The second-order valence-electron chi connectivity index (χ2n) is 3.84. The maximum Gasteiger partial charge on any atom is 0.252 e.